The first kappa shape index (κ1) is 11.8. The maximum Gasteiger partial charge on any atom is 0.114 e. The van der Waals surface area contributed by atoms with Crippen LogP contribution in [0.3, 0.4) is 0 Å². The molecule has 0 atom stereocenters. The molecule has 3 heteroatoms. The van der Waals surface area contributed by atoms with Gasteiger partial charge in [-0.3, -0.25) is 0 Å². The lowest BCUT2D eigenvalue weighted by atomic mass is 9.90. The Kier molecular flexibility index (Phi) is 5.69. The van der Waals surface area contributed by atoms with Gasteiger partial charge in [-0.1, -0.05) is 48.2 Å². The molecular weight excluding hydrogens is 161 g/mol. The van der Waals surface area contributed by atoms with E-state index in [2.05, 4.69) is 5.16 Å². The van der Waals surface area contributed by atoms with E-state index in [1.165, 1.54) is 6.21 Å². The van der Waals surface area contributed by atoms with E-state index < -0.39 is 0 Å². The fourth-order valence-electron chi connectivity index (χ4n) is 0.846. The lowest BCUT2D eigenvalue weighted by Crippen LogP contribution is -2.06. The molecule has 0 aromatic heterocycles. The van der Waals surface area contributed by atoms with Crippen molar-refractivity contribution in [1.82, 2.24) is 0 Å². The van der Waals surface area contributed by atoms with Crippen LogP contribution in [-0.2, 0) is 0 Å². The fourth-order valence-corrected chi connectivity index (χ4v) is 0.846. The van der Waals surface area contributed by atoms with E-state index in [1.807, 2.05) is 26.8 Å². The van der Waals surface area contributed by atoms with E-state index in [0.717, 1.165) is 16.6 Å². The standard InChI is InChI=1S/C8H8BNO.C2H6/c1-6-4-7(5-10-11)2-3-8(6)9;1-2/h2-5,11H,1H3;1-2H3/b10-5+;. The Morgan fingerprint density at radius 1 is 1.38 bits per heavy atom. The van der Waals surface area contributed by atoms with E-state index in [0.29, 0.717) is 0 Å². The van der Waals surface area contributed by atoms with E-state index >= 15 is 0 Å². The van der Waals surface area contributed by atoms with Crippen molar-refractivity contribution < 1.29 is 5.21 Å². The first-order chi connectivity index (χ1) is 6.24. The Morgan fingerprint density at radius 3 is 2.46 bits per heavy atom. The maximum atomic E-state index is 8.22. The molecule has 0 saturated heterocycles. The third-order valence-electron chi connectivity index (χ3n) is 1.50. The third kappa shape index (κ3) is 3.79. The fraction of sp³-hybridized carbons (Fsp3) is 0.300. The molecule has 1 N–H and O–H groups in total. The number of aryl methyl sites for hydroxylation is 1. The average Bonchev–Trinajstić information content (AvgIpc) is 2.15. The normalized spacial score (nSPS) is 9.46. The van der Waals surface area contributed by atoms with Crippen LogP contribution in [-0.4, -0.2) is 19.3 Å². The summed E-state index contributed by atoms with van der Waals surface area (Å²) < 4.78 is 0. The smallest absolute Gasteiger partial charge is 0.114 e. The van der Waals surface area contributed by atoms with Crippen LogP contribution < -0.4 is 5.46 Å². The average molecular weight is 175 g/mol. The molecule has 0 amide bonds. The summed E-state index contributed by atoms with van der Waals surface area (Å²) >= 11 is 0. The maximum absolute atomic E-state index is 8.22. The summed E-state index contributed by atoms with van der Waals surface area (Å²) in [6.45, 7) is 5.91. The van der Waals surface area contributed by atoms with Crippen LogP contribution in [0.25, 0.3) is 0 Å². The predicted molar refractivity (Wildman–Crippen MR) is 57.3 cm³/mol. The van der Waals surface area contributed by atoms with Crippen LogP contribution >= 0.6 is 0 Å². The van der Waals surface area contributed by atoms with Gasteiger partial charge in [-0.15, -0.1) is 0 Å². The van der Waals surface area contributed by atoms with Crippen LogP contribution in [0.15, 0.2) is 23.4 Å². The van der Waals surface area contributed by atoms with E-state index in [1.54, 1.807) is 12.1 Å². The molecule has 2 radical (unpaired) electrons. The van der Waals surface area contributed by atoms with E-state index in [-0.39, 0.29) is 0 Å². The van der Waals surface area contributed by atoms with Gasteiger partial charge in [-0.25, -0.2) is 0 Å². The molecule has 0 spiro atoms. The van der Waals surface area contributed by atoms with Gasteiger partial charge in [0.2, 0.25) is 0 Å². The van der Waals surface area contributed by atoms with Gasteiger partial charge in [-0.05, 0) is 12.5 Å². The van der Waals surface area contributed by atoms with Gasteiger partial charge in [0.15, 0.2) is 0 Å². The predicted octanol–water partition coefficient (Wildman–Crippen LogP) is 1.62. The molecule has 1 rings (SSSR count). The first-order valence-corrected chi connectivity index (χ1v) is 4.27. The molecule has 68 valence electrons. The van der Waals surface area contributed by atoms with E-state index in [9.17, 15) is 0 Å². The number of hydrogen-bond donors (Lipinski definition) is 1. The third-order valence-corrected chi connectivity index (χ3v) is 1.50. The number of oxime groups is 1. The van der Waals surface area contributed by atoms with E-state index in [4.69, 9.17) is 13.1 Å². The summed E-state index contributed by atoms with van der Waals surface area (Å²) in [5, 5.41) is 11.1. The van der Waals surface area contributed by atoms with Crippen LogP contribution in [0.5, 0.6) is 0 Å². The van der Waals surface area contributed by atoms with Gasteiger partial charge in [0.25, 0.3) is 0 Å². The molecule has 2 nitrogen and oxygen atoms in total. The van der Waals surface area contributed by atoms with Gasteiger partial charge in [0.1, 0.15) is 7.85 Å². The Morgan fingerprint density at radius 2 is 2.00 bits per heavy atom. The van der Waals surface area contributed by atoms with Crippen LogP contribution in [0, 0.1) is 6.92 Å². The minimum absolute atomic E-state index is 0.750. The Balaban J connectivity index is 0.000000671. The molecule has 0 unspecified atom stereocenters. The molecule has 0 aliphatic heterocycles. The SMILES string of the molecule is CC.[B]c1ccc(/C=N/O)cc1C. The van der Waals surface area contributed by atoms with Gasteiger partial charge in [0, 0.05) is 0 Å². The van der Waals surface area contributed by atoms with Crippen molar-refractivity contribution in [2.45, 2.75) is 20.8 Å². The monoisotopic (exact) mass is 175 g/mol. The first-order valence-electron chi connectivity index (χ1n) is 4.27. The van der Waals surface area contributed by atoms with Gasteiger partial charge in [0.05, 0.1) is 6.21 Å². The molecule has 0 saturated carbocycles. The van der Waals surface area contributed by atoms with Gasteiger partial charge < -0.3 is 5.21 Å². The summed E-state index contributed by atoms with van der Waals surface area (Å²) in [7, 11) is 5.58. The summed E-state index contributed by atoms with van der Waals surface area (Å²) in [5.41, 5.74) is 2.58. The van der Waals surface area contributed by atoms with Crippen LogP contribution in [0.2, 0.25) is 0 Å². The Labute approximate surface area is 80.7 Å². The zero-order chi connectivity index (χ0) is 10.3. The quantitative estimate of drug-likeness (QED) is 0.299. The number of rotatable bonds is 1. The second-order valence-electron chi connectivity index (χ2n) is 2.36. The van der Waals surface area contributed by atoms with Gasteiger partial charge in [-0.2, -0.15) is 0 Å². The highest BCUT2D eigenvalue weighted by Crippen LogP contribution is 1.97. The molecule has 1 aromatic rings. The number of benzene rings is 1. The van der Waals surface area contributed by atoms with Crippen molar-refractivity contribution in [2.75, 3.05) is 0 Å². The van der Waals surface area contributed by atoms with Crippen molar-refractivity contribution in [3.05, 3.63) is 29.3 Å². The summed E-state index contributed by atoms with van der Waals surface area (Å²) in [6, 6.07) is 5.43. The lowest BCUT2D eigenvalue weighted by molar-refractivity contribution is 0.322. The van der Waals surface area contributed by atoms with Crippen molar-refractivity contribution in [3.8, 4) is 0 Å². The summed E-state index contributed by atoms with van der Waals surface area (Å²) in [6.07, 6.45) is 1.37. The molecule has 0 fully saturated rings. The highest BCUT2D eigenvalue weighted by molar-refractivity contribution is 6.33. The Bertz CT molecular complexity index is 284. The largest absolute Gasteiger partial charge is 0.411 e. The molecule has 1 aromatic carbocycles. The van der Waals surface area contributed by atoms with Crippen molar-refractivity contribution >= 4 is 19.5 Å². The number of hydrogen-bond acceptors (Lipinski definition) is 2. The molecule has 0 aliphatic carbocycles. The highest BCUT2D eigenvalue weighted by atomic mass is 16.4. The topological polar surface area (TPSA) is 32.6 Å². The molecule has 13 heavy (non-hydrogen) atoms. The molecule has 0 bridgehead atoms. The highest BCUT2D eigenvalue weighted by Gasteiger charge is 1.91. The second kappa shape index (κ2) is 6.29. The zero-order valence-electron chi connectivity index (χ0n) is 8.28. The molecule has 0 heterocycles. The Hall–Kier alpha value is -1.25. The summed E-state index contributed by atoms with van der Waals surface area (Å²) in [4.78, 5) is 0. The zero-order valence-corrected chi connectivity index (χ0v) is 8.28. The molecular formula is C10H14BNO. The number of nitrogens with zero attached hydrogens (tertiary/aromatic N) is 1. The summed E-state index contributed by atoms with van der Waals surface area (Å²) in [5.74, 6) is 0. The minimum Gasteiger partial charge on any atom is -0.411 e. The van der Waals surface area contributed by atoms with Crippen molar-refractivity contribution in [2.24, 2.45) is 5.16 Å². The van der Waals surface area contributed by atoms with Crippen molar-refractivity contribution in [3.63, 3.8) is 0 Å². The second-order valence-corrected chi connectivity index (χ2v) is 2.36. The van der Waals surface area contributed by atoms with Gasteiger partial charge >= 0.3 is 0 Å². The minimum atomic E-state index is 0.750. The molecule has 0 aliphatic rings. The van der Waals surface area contributed by atoms with Crippen LogP contribution in [0.4, 0.5) is 0 Å². The van der Waals surface area contributed by atoms with Crippen LogP contribution in [0.1, 0.15) is 25.0 Å². The van der Waals surface area contributed by atoms with Crippen molar-refractivity contribution in [1.29, 1.82) is 0 Å². The lowest BCUT2D eigenvalue weighted by Gasteiger charge is -1.99.